The lowest BCUT2D eigenvalue weighted by atomic mass is 10.1. The van der Waals surface area contributed by atoms with E-state index in [1.807, 2.05) is 51.1 Å². The Labute approximate surface area is 123 Å². The number of fused-ring (bicyclic) bond motifs is 1. The molecular weight excluding hydrogens is 264 g/mol. The van der Waals surface area contributed by atoms with Crippen molar-refractivity contribution in [2.45, 2.75) is 26.3 Å². The molecule has 0 aliphatic rings. The first-order chi connectivity index (χ1) is 10.1. The number of rotatable bonds is 4. The highest BCUT2D eigenvalue weighted by Crippen LogP contribution is 2.26. The third-order valence-corrected chi connectivity index (χ3v) is 3.46. The third-order valence-electron chi connectivity index (χ3n) is 3.46. The summed E-state index contributed by atoms with van der Waals surface area (Å²) in [5, 5.41) is 9.55. The fourth-order valence-corrected chi connectivity index (χ4v) is 2.39. The molecular formula is C16H18N4O. The van der Waals surface area contributed by atoms with E-state index in [0.717, 1.165) is 23.0 Å². The van der Waals surface area contributed by atoms with Gasteiger partial charge in [0, 0.05) is 11.6 Å². The van der Waals surface area contributed by atoms with E-state index in [2.05, 4.69) is 20.4 Å². The van der Waals surface area contributed by atoms with Crippen LogP contribution in [0.15, 0.2) is 41.1 Å². The van der Waals surface area contributed by atoms with Gasteiger partial charge in [-0.15, -0.1) is 0 Å². The molecule has 3 rings (SSSR count). The maximum absolute atomic E-state index is 5.42. The van der Waals surface area contributed by atoms with Gasteiger partial charge in [-0.25, -0.2) is 0 Å². The highest BCUT2D eigenvalue weighted by molar-refractivity contribution is 5.92. The molecule has 1 aromatic carbocycles. The minimum absolute atomic E-state index is 0.357. The largest absolute Gasteiger partial charge is 0.337 e. The summed E-state index contributed by atoms with van der Waals surface area (Å²) in [6.07, 6.45) is 1.77. The number of benzene rings is 1. The Morgan fingerprint density at radius 2 is 2.00 bits per heavy atom. The summed E-state index contributed by atoms with van der Waals surface area (Å²) in [6.45, 7) is 6.91. The summed E-state index contributed by atoms with van der Waals surface area (Å²) in [7, 11) is 0. The summed E-state index contributed by atoms with van der Waals surface area (Å²) in [6, 6.07) is 10.0. The van der Waals surface area contributed by atoms with Gasteiger partial charge in [-0.1, -0.05) is 36.3 Å². The maximum Gasteiger partial charge on any atom is 0.246 e. The number of hydrogen-bond donors (Lipinski definition) is 1. The lowest BCUT2D eigenvalue weighted by molar-refractivity contribution is 0.272. The fourth-order valence-electron chi connectivity index (χ4n) is 2.39. The van der Waals surface area contributed by atoms with Crippen molar-refractivity contribution in [3.8, 4) is 11.5 Å². The molecule has 2 aromatic heterocycles. The minimum atomic E-state index is -0.357. The predicted octanol–water partition coefficient (Wildman–Crippen LogP) is 3.13. The van der Waals surface area contributed by atoms with Crippen molar-refractivity contribution in [2.75, 3.05) is 6.54 Å². The minimum Gasteiger partial charge on any atom is -0.337 e. The molecule has 1 N–H and O–H groups in total. The highest BCUT2D eigenvalue weighted by Gasteiger charge is 2.27. The van der Waals surface area contributed by atoms with Crippen LogP contribution in [-0.2, 0) is 5.54 Å². The van der Waals surface area contributed by atoms with Gasteiger partial charge >= 0.3 is 0 Å². The van der Waals surface area contributed by atoms with Crippen LogP contribution in [0.25, 0.3) is 22.3 Å². The van der Waals surface area contributed by atoms with Crippen molar-refractivity contribution >= 4 is 10.8 Å². The lowest BCUT2D eigenvalue weighted by Crippen LogP contribution is -2.36. The molecule has 5 heteroatoms. The first-order valence-corrected chi connectivity index (χ1v) is 7.05. The van der Waals surface area contributed by atoms with Crippen LogP contribution in [0.4, 0.5) is 0 Å². The third kappa shape index (κ3) is 2.52. The van der Waals surface area contributed by atoms with Crippen LogP contribution < -0.4 is 5.32 Å². The SMILES string of the molecule is CCNC(C)(C)c1nc(-c2nccc3ccccc23)no1. The first kappa shape index (κ1) is 13.7. The molecule has 0 spiro atoms. The zero-order chi connectivity index (χ0) is 14.9. The molecule has 0 aliphatic carbocycles. The van der Waals surface area contributed by atoms with Crippen LogP contribution in [0.1, 0.15) is 26.7 Å². The molecule has 0 amide bonds. The van der Waals surface area contributed by atoms with Crippen LogP contribution in [0.3, 0.4) is 0 Å². The van der Waals surface area contributed by atoms with E-state index < -0.39 is 0 Å². The van der Waals surface area contributed by atoms with Gasteiger partial charge in [0.1, 0.15) is 5.69 Å². The smallest absolute Gasteiger partial charge is 0.246 e. The Hall–Kier alpha value is -2.27. The highest BCUT2D eigenvalue weighted by atomic mass is 16.5. The normalized spacial score (nSPS) is 12.0. The van der Waals surface area contributed by atoms with Gasteiger partial charge in [0.25, 0.3) is 0 Å². The van der Waals surface area contributed by atoms with Gasteiger partial charge in [0.2, 0.25) is 11.7 Å². The monoisotopic (exact) mass is 282 g/mol. The Kier molecular flexibility index (Phi) is 3.43. The van der Waals surface area contributed by atoms with E-state index in [1.54, 1.807) is 6.20 Å². The van der Waals surface area contributed by atoms with Gasteiger partial charge in [-0.05, 0) is 31.8 Å². The summed E-state index contributed by atoms with van der Waals surface area (Å²) >= 11 is 0. The van der Waals surface area contributed by atoms with Gasteiger partial charge in [0.05, 0.1) is 5.54 Å². The molecule has 0 unspecified atom stereocenters. The van der Waals surface area contributed by atoms with E-state index in [0.29, 0.717) is 11.7 Å². The number of nitrogens with zero attached hydrogens (tertiary/aromatic N) is 3. The molecule has 0 atom stereocenters. The van der Waals surface area contributed by atoms with Gasteiger partial charge < -0.3 is 9.84 Å². The van der Waals surface area contributed by atoms with Crippen molar-refractivity contribution in [3.05, 3.63) is 42.4 Å². The van der Waals surface area contributed by atoms with E-state index >= 15 is 0 Å². The topological polar surface area (TPSA) is 63.8 Å². The fraction of sp³-hybridized carbons (Fsp3) is 0.312. The molecule has 0 saturated heterocycles. The second kappa shape index (κ2) is 5.26. The Bertz CT molecular complexity index is 758. The average Bonchev–Trinajstić information content (AvgIpc) is 2.97. The van der Waals surface area contributed by atoms with Crippen molar-refractivity contribution in [1.82, 2.24) is 20.4 Å². The maximum atomic E-state index is 5.42. The van der Waals surface area contributed by atoms with Crippen molar-refractivity contribution in [3.63, 3.8) is 0 Å². The molecule has 21 heavy (non-hydrogen) atoms. The Balaban J connectivity index is 2.07. The van der Waals surface area contributed by atoms with Crippen molar-refractivity contribution in [2.24, 2.45) is 0 Å². The molecule has 5 nitrogen and oxygen atoms in total. The van der Waals surface area contributed by atoms with Gasteiger partial charge in [-0.2, -0.15) is 4.98 Å². The van der Waals surface area contributed by atoms with Crippen LogP contribution in [-0.4, -0.2) is 21.7 Å². The second-order valence-electron chi connectivity index (χ2n) is 5.46. The molecule has 0 radical (unpaired) electrons. The average molecular weight is 282 g/mol. The summed E-state index contributed by atoms with van der Waals surface area (Å²) in [5.74, 6) is 1.09. The van der Waals surface area contributed by atoms with Gasteiger partial charge in [0.15, 0.2) is 0 Å². The molecule has 0 bridgehead atoms. The number of pyridine rings is 1. The van der Waals surface area contributed by atoms with Gasteiger partial charge in [-0.3, -0.25) is 4.98 Å². The van der Waals surface area contributed by atoms with E-state index in [1.165, 1.54) is 0 Å². The van der Waals surface area contributed by atoms with Crippen LogP contribution in [0, 0.1) is 0 Å². The number of hydrogen-bond acceptors (Lipinski definition) is 5. The zero-order valence-corrected chi connectivity index (χ0v) is 12.4. The molecule has 0 saturated carbocycles. The van der Waals surface area contributed by atoms with Crippen LogP contribution in [0.2, 0.25) is 0 Å². The van der Waals surface area contributed by atoms with Crippen molar-refractivity contribution < 1.29 is 4.52 Å². The Morgan fingerprint density at radius 1 is 1.19 bits per heavy atom. The molecule has 3 aromatic rings. The Morgan fingerprint density at radius 3 is 2.81 bits per heavy atom. The van der Waals surface area contributed by atoms with E-state index in [4.69, 9.17) is 4.52 Å². The summed E-state index contributed by atoms with van der Waals surface area (Å²) in [4.78, 5) is 8.93. The molecule has 0 aliphatic heterocycles. The molecule has 108 valence electrons. The lowest BCUT2D eigenvalue weighted by Gasteiger charge is -2.20. The van der Waals surface area contributed by atoms with Crippen LogP contribution >= 0.6 is 0 Å². The van der Waals surface area contributed by atoms with E-state index in [-0.39, 0.29) is 5.54 Å². The zero-order valence-electron chi connectivity index (χ0n) is 12.4. The standard InChI is InChI=1S/C16H18N4O/c1-4-18-16(2,3)15-19-14(20-21-15)13-12-8-6-5-7-11(12)9-10-17-13/h5-10,18H,4H2,1-3H3. The number of aromatic nitrogens is 3. The number of nitrogens with one attached hydrogen (secondary N) is 1. The van der Waals surface area contributed by atoms with E-state index in [9.17, 15) is 0 Å². The predicted molar refractivity (Wildman–Crippen MR) is 81.7 cm³/mol. The van der Waals surface area contributed by atoms with Crippen molar-refractivity contribution in [1.29, 1.82) is 0 Å². The summed E-state index contributed by atoms with van der Waals surface area (Å²) < 4.78 is 5.42. The molecule has 2 heterocycles. The molecule has 0 fully saturated rings. The van der Waals surface area contributed by atoms with Crippen LogP contribution in [0.5, 0.6) is 0 Å². The quantitative estimate of drug-likeness (QED) is 0.796. The summed E-state index contributed by atoms with van der Waals surface area (Å²) in [5.41, 5.74) is 0.389. The second-order valence-corrected chi connectivity index (χ2v) is 5.46. The first-order valence-electron chi connectivity index (χ1n) is 7.05.